The summed E-state index contributed by atoms with van der Waals surface area (Å²) in [7, 11) is 1.95. The van der Waals surface area contributed by atoms with Crippen molar-refractivity contribution in [2.24, 2.45) is 5.92 Å². The molecule has 1 aliphatic heterocycles. The average Bonchev–Trinajstić information content (AvgIpc) is 3.40. The molecule has 7 nitrogen and oxygen atoms in total. The van der Waals surface area contributed by atoms with Gasteiger partial charge in [-0.3, -0.25) is 14.5 Å². The number of aromatic nitrogens is 2. The van der Waals surface area contributed by atoms with Crippen LogP contribution in [0.1, 0.15) is 37.9 Å². The lowest BCUT2D eigenvalue weighted by Crippen LogP contribution is -2.42. The predicted molar refractivity (Wildman–Crippen MR) is 108 cm³/mol. The lowest BCUT2D eigenvalue weighted by molar-refractivity contribution is -0.126. The second-order valence-electron chi connectivity index (χ2n) is 8.12. The second kappa shape index (κ2) is 8.31. The Morgan fingerprint density at radius 2 is 2.00 bits per heavy atom. The van der Waals surface area contributed by atoms with Gasteiger partial charge >= 0.3 is 0 Å². The number of benzene rings is 1. The number of nitrogens with zero attached hydrogens (tertiary/aromatic N) is 2. The van der Waals surface area contributed by atoms with Crippen LogP contribution in [0.4, 0.5) is 0 Å². The Balaban J connectivity index is 1.24. The maximum absolute atomic E-state index is 12.6. The van der Waals surface area contributed by atoms with Crippen molar-refractivity contribution in [3.8, 4) is 0 Å². The third-order valence-corrected chi connectivity index (χ3v) is 6.02. The summed E-state index contributed by atoms with van der Waals surface area (Å²) < 4.78 is 0. The minimum absolute atomic E-state index is 0.0243. The third-order valence-electron chi connectivity index (χ3n) is 6.02. The van der Waals surface area contributed by atoms with E-state index < -0.39 is 0 Å². The quantitative estimate of drug-likeness (QED) is 0.707. The minimum atomic E-state index is -0.190. The molecule has 2 aromatic rings. The van der Waals surface area contributed by atoms with E-state index >= 15 is 0 Å². The van der Waals surface area contributed by atoms with Crippen molar-refractivity contribution in [1.29, 1.82) is 0 Å². The summed E-state index contributed by atoms with van der Waals surface area (Å²) in [5.74, 6) is 1.24. The number of fused-ring (bicyclic) bond motifs is 1. The number of imidazole rings is 1. The molecule has 28 heavy (non-hydrogen) atoms. The van der Waals surface area contributed by atoms with Gasteiger partial charge in [0.15, 0.2) is 0 Å². The summed E-state index contributed by atoms with van der Waals surface area (Å²) in [5, 5.41) is 6.18. The van der Waals surface area contributed by atoms with Crippen LogP contribution < -0.4 is 10.6 Å². The van der Waals surface area contributed by atoms with Gasteiger partial charge in [0.05, 0.1) is 17.1 Å². The molecule has 1 saturated carbocycles. The van der Waals surface area contributed by atoms with Crippen LogP contribution in [0.3, 0.4) is 0 Å². The minimum Gasteiger partial charge on any atom is -0.354 e. The molecule has 1 aliphatic carbocycles. The molecule has 2 fully saturated rings. The first-order valence-corrected chi connectivity index (χ1v) is 10.3. The van der Waals surface area contributed by atoms with Crippen molar-refractivity contribution in [3.05, 3.63) is 30.1 Å². The summed E-state index contributed by atoms with van der Waals surface area (Å²) in [6.45, 7) is 1.27. The Morgan fingerprint density at radius 3 is 2.79 bits per heavy atom. The zero-order valence-electron chi connectivity index (χ0n) is 16.4. The predicted octanol–water partition coefficient (Wildman–Crippen LogP) is 1.60. The van der Waals surface area contributed by atoms with E-state index in [0.717, 1.165) is 49.1 Å². The molecule has 1 aromatic carbocycles. The van der Waals surface area contributed by atoms with Gasteiger partial charge in [-0.2, -0.15) is 0 Å². The number of rotatable bonds is 6. The van der Waals surface area contributed by atoms with E-state index in [2.05, 4.69) is 20.6 Å². The van der Waals surface area contributed by atoms with Crippen molar-refractivity contribution in [1.82, 2.24) is 25.5 Å². The highest BCUT2D eigenvalue weighted by Gasteiger charge is 2.36. The van der Waals surface area contributed by atoms with E-state index in [1.54, 1.807) is 0 Å². The van der Waals surface area contributed by atoms with Crippen LogP contribution >= 0.6 is 0 Å². The number of likely N-dealkylation sites (tertiary alicyclic amines) is 1. The first kappa shape index (κ1) is 18.9. The molecule has 2 heterocycles. The van der Waals surface area contributed by atoms with Gasteiger partial charge in [-0.1, -0.05) is 25.0 Å². The molecular formula is C21H29N5O2. The molecule has 0 unspecified atom stereocenters. The highest BCUT2D eigenvalue weighted by Crippen LogP contribution is 2.25. The number of para-hydroxylation sites is 2. The topological polar surface area (TPSA) is 90.1 Å². The van der Waals surface area contributed by atoms with E-state index in [9.17, 15) is 9.59 Å². The SMILES string of the molecule is CN1C[C@@H](NC(=O)C2CCCC2)C[C@H]1C(=O)NCCc1nc2ccccc2[nH]1. The largest absolute Gasteiger partial charge is 0.354 e. The zero-order valence-corrected chi connectivity index (χ0v) is 16.4. The van der Waals surface area contributed by atoms with Gasteiger partial charge < -0.3 is 15.6 Å². The Kier molecular flexibility index (Phi) is 5.62. The van der Waals surface area contributed by atoms with E-state index in [1.165, 1.54) is 0 Å². The second-order valence-corrected chi connectivity index (χ2v) is 8.12. The van der Waals surface area contributed by atoms with Crippen LogP contribution in [0.15, 0.2) is 24.3 Å². The highest BCUT2D eigenvalue weighted by atomic mass is 16.2. The van der Waals surface area contributed by atoms with Crippen LogP contribution in [-0.4, -0.2) is 58.9 Å². The molecule has 0 spiro atoms. The number of carbonyl (C=O) groups excluding carboxylic acids is 2. The van der Waals surface area contributed by atoms with Crippen LogP contribution in [0.5, 0.6) is 0 Å². The molecule has 0 bridgehead atoms. The molecule has 2 aliphatic rings. The lowest BCUT2D eigenvalue weighted by atomic mass is 10.1. The molecule has 0 radical (unpaired) electrons. The molecule has 150 valence electrons. The smallest absolute Gasteiger partial charge is 0.237 e. The van der Waals surface area contributed by atoms with Gasteiger partial charge in [0, 0.05) is 31.5 Å². The van der Waals surface area contributed by atoms with Gasteiger partial charge in [0.1, 0.15) is 5.82 Å². The number of likely N-dealkylation sites (N-methyl/N-ethyl adjacent to an activating group) is 1. The summed E-state index contributed by atoms with van der Waals surface area (Å²) in [6, 6.07) is 7.78. The number of carbonyl (C=O) groups is 2. The highest BCUT2D eigenvalue weighted by molar-refractivity contribution is 5.83. The fourth-order valence-electron chi connectivity index (χ4n) is 4.46. The Labute approximate surface area is 165 Å². The maximum atomic E-state index is 12.6. The number of hydrogen-bond acceptors (Lipinski definition) is 4. The standard InChI is InChI=1S/C21H29N5O2/c1-26-13-15(23-20(27)14-6-2-3-7-14)12-18(26)21(28)22-11-10-19-24-16-8-4-5-9-17(16)25-19/h4-5,8-9,14-15,18H,2-3,6-7,10-13H2,1H3,(H,22,28)(H,23,27)(H,24,25)/t15-,18-/m0/s1. The fourth-order valence-corrected chi connectivity index (χ4v) is 4.46. The molecule has 3 N–H and O–H groups in total. The third kappa shape index (κ3) is 4.19. The van der Waals surface area contributed by atoms with Crippen molar-refractivity contribution < 1.29 is 9.59 Å². The lowest BCUT2D eigenvalue weighted by Gasteiger charge is -2.18. The Morgan fingerprint density at radius 1 is 1.21 bits per heavy atom. The number of hydrogen-bond donors (Lipinski definition) is 3. The van der Waals surface area contributed by atoms with Crippen LogP contribution in [-0.2, 0) is 16.0 Å². The molecule has 4 rings (SSSR count). The van der Waals surface area contributed by atoms with Gasteiger partial charge in [0.2, 0.25) is 11.8 Å². The van der Waals surface area contributed by atoms with E-state index in [4.69, 9.17) is 0 Å². The van der Waals surface area contributed by atoms with Crippen molar-refractivity contribution in [2.75, 3.05) is 20.1 Å². The van der Waals surface area contributed by atoms with Crippen molar-refractivity contribution in [2.45, 2.75) is 50.6 Å². The van der Waals surface area contributed by atoms with Crippen LogP contribution in [0.25, 0.3) is 11.0 Å². The maximum Gasteiger partial charge on any atom is 0.237 e. The van der Waals surface area contributed by atoms with Gasteiger partial charge in [-0.05, 0) is 38.4 Å². The number of nitrogens with one attached hydrogen (secondary N) is 3. The number of H-pyrrole nitrogens is 1. The monoisotopic (exact) mass is 383 g/mol. The molecule has 1 aromatic heterocycles. The van der Waals surface area contributed by atoms with Crippen LogP contribution in [0.2, 0.25) is 0 Å². The van der Waals surface area contributed by atoms with E-state index in [1.807, 2.05) is 36.2 Å². The molecular weight excluding hydrogens is 354 g/mol. The van der Waals surface area contributed by atoms with E-state index in [0.29, 0.717) is 19.4 Å². The summed E-state index contributed by atoms with van der Waals surface area (Å²) in [4.78, 5) is 34.8. The first-order valence-electron chi connectivity index (χ1n) is 10.3. The molecule has 1 saturated heterocycles. The van der Waals surface area contributed by atoms with Gasteiger partial charge in [-0.25, -0.2) is 4.98 Å². The van der Waals surface area contributed by atoms with Crippen LogP contribution in [0, 0.1) is 5.92 Å². The number of aromatic amines is 1. The number of amides is 2. The molecule has 7 heteroatoms. The average molecular weight is 383 g/mol. The zero-order chi connectivity index (χ0) is 19.5. The van der Waals surface area contributed by atoms with Gasteiger partial charge in [-0.15, -0.1) is 0 Å². The fraction of sp³-hybridized carbons (Fsp3) is 0.571. The molecule has 2 atom stereocenters. The normalized spacial score (nSPS) is 23.3. The summed E-state index contributed by atoms with van der Waals surface area (Å²) in [6.07, 6.45) is 5.64. The first-order chi connectivity index (χ1) is 13.6. The van der Waals surface area contributed by atoms with Gasteiger partial charge in [0.25, 0.3) is 0 Å². The summed E-state index contributed by atoms with van der Waals surface area (Å²) in [5.41, 5.74) is 1.96. The Hall–Kier alpha value is -2.41. The molecule has 2 amide bonds. The summed E-state index contributed by atoms with van der Waals surface area (Å²) >= 11 is 0. The van der Waals surface area contributed by atoms with E-state index in [-0.39, 0.29) is 29.8 Å². The Bertz CT molecular complexity index is 809. The van der Waals surface area contributed by atoms with Crippen molar-refractivity contribution >= 4 is 22.8 Å². The van der Waals surface area contributed by atoms with Crippen molar-refractivity contribution in [3.63, 3.8) is 0 Å².